The number of amides is 1. The molecule has 0 radical (unpaired) electrons. The molecule has 1 amide bonds. The lowest BCUT2D eigenvalue weighted by Gasteiger charge is -2.69. The fourth-order valence-corrected chi connectivity index (χ4v) is 15.0. The molecule has 13 atom stereocenters. The van der Waals surface area contributed by atoms with Crippen LogP contribution in [0.5, 0.6) is 0 Å². The van der Waals surface area contributed by atoms with Gasteiger partial charge in [-0.1, -0.05) is 65.6 Å². The highest BCUT2D eigenvalue weighted by Crippen LogP contribution is 2.74. The van der Waals surface area contributed by atoms with Gasteiger partial charge in [-0.3, -0.25) is 19.2 Å². The third-order valence-corrected chi connectivity index (χ3v) is 18.5. The van der Waals surface area contributed by atoms with Crippen LogP contribution in [0.15, 0.2) is 35.4 Å². The second kappa shape index (κ2) is 16.0. The van der Waals surface area contributed by atoms with E-state index in [9.17, 15) is 34.5 Å². The molecule has 10 heteroatoms. The maximum absolute atomic E-state index is 14.1. The van der Waals surface area contributed by atoms with Crippen LogP contribution >= 0.6 is 11.6 Å². The Hall–Kier alpha value is -2.59. The number of carbonyl (C=O) groups is 4. The molecule has 5 saturated carbocycles. The molecule has 5 N–H and O–H groups in total. The third kappa shape index (κ3) is 7.48. The molecule has 6 aliphatic rings. The number of aliphatic hydroxyl groups is 2. The zero-order valence-electron chi connectivity index (χ0n) is 36.8. The van der Waals surface area contributed by atoms with Crippen LogP contribution in [0.3, 0.4) is 0 Å². The summed E-state index contributed by atoms with van der Waals surface area (Å²) in [5.74, 6) is 1.12. The number of fused-ring (bicyclic) bond motifs is 7. The first-order valence-electron chi connectivity index (χ1n) is 22.8. The third-order valence-electron chi connectivity index (χ3n) is 18.2. The van der Waals surface area contributed by atoms with Crippen molar-refractivity contribution in [3.63, 3.8) is 0 Å². The van der Waals surface area contributed by atoms with Gasteiger partial charge in [-0.15, -0.1) is 0 Å². The molecule has 0 bridgehead atoms. The summed E-state index contributed by atoms with van der Waals surface area (Å²) in [5, 5.41) is 38.1. The Morgan fingerprint density at radius 3 is 2.22 bits per heavy atom. The molecule has 5 fully saturated rings. The second-order valence-corrected chi connectivity index (χ2v) is 22.1. The van der Waals surface area contributed by atoms with E-state index in [0.29, 0.717) is 71.8 Å². The van der Waals surface area contributed by atoms with E-state index in [1.165, 1.54) is 12.5 Å². The second-order valence-electron chi connectivity index (χ2n) is 21.7. The molecule has 0 spiro atoms. The van der Waals surface area contributed by atoms with Gasteiger partial charge >= 0.3 is 5.97 Å². The van der Waals surface area contributed by atoms with Crippen molar-refractivity contribution in [3.05, 3.63) is 46.0 Å². The van der Waals surface area contributed by atoms with Crippen molar-refractivity contribution in [3.8, 4) is 0 Å². The monoisotopic (exact) mass is 834 g/mol. The fourth-order valence-electron chi connectivity index (χ4n) is 14.9. The Balaban J connectivity index is 1.05. The number of halogens is 1. The van der Waals surface area contributed by atoms with Crippen LogP contribution < -0.4 is 10.6 Å². The molecule has 0 heterocycles. The summed E-state index contributed by atoms with van der Waals surface area (Å²) in [4.78, 5) is 52.4. The van der Waals surface area contributed by atoms with Crippen LogP contribution in [0.25, 0.3) is 0 Å². The van der Waals surface area contributed by atoms with Gasteiger partial charge in [-0.05, 0) is 165 Å². The van der Waals surface area contributed by atoms with Gasteiger partial charge in [0.2, 0.25) is 0 Å². The van der Waals surface area contributed by atoms with Gasteiger partial charge in [0.15, 0.2) is 11.5 Å². The minimum atomic E-state index is -1.90. The predicted octanol–water partition coefficient (Wildman–Crippen LogP) is 8.64. The van der Waals surface area contributed by atoms with Crippen molar-refractivity contribution in [2.24, 2.45) is 74.9 Å². The summed E-state index contributed by atoms with van der Waals surface area (Å²) in [5.41, 5.74) is 1.00. The average molecular weight is 836 g/mol. The number of carbonyl (C=O) groups excluding carboxylic acids is 3. The number of allylic oxidation sites excluding steroid dienone is 2. The van der Waals surface area contributed by atoms with E-state index in [4.69, 9.17) is 11.6 Å². The van der Waals surface area contributed by atoms with Crippen molar-refractivity contribution in [2.45, 2.75) is 144 Å². The van der Waals surface area contributed by atoms with Gasteiger partial charge in [0, 0.05) is 41.3 Å². The van der Waals surface area contributed by atoms with E-state index in [2.05, 4.69) is 52.2 Å². The predicted molar refractivity (Wildman–Crippen MR) is 229 cm³/mol. The number of benzene rings is 1. The molecule has 0 aromatic heterocycles. The highest BCUT2D eigenvalue weighted by atomic mass is 35.5. The number of aliphatic carboxylic acids is 1. The van der Waals surface area contributed by atoms with Crippen molar-refractivity contribution >= 4 is 35.0 Å². The van der Waals surface area contributed by atoms with Gasteiger partial charge in [0.1, 0.15) is 5.78 Å². The summed E-state index contributed by atoms with van der Waals surface area (Å²) in [6.45, 7) is 18.2. The maximum Gasteiger partial charge on any atom is 0.306 e. The molecule has 6 aliphatic carbocycles. The fraction of sp³-hybridized carbons (Fsp3) is 0.755. The topological polar surface area (TPSA) is 153 Å². The van der Waals surface area contributed by atoms with E-state index < -0.39 is 23.7 Å². The smallest absolute Gasteiger partial charge is 0.306 e. The molecule has 59 heavy (non-hydrogen) atoms. The molecule has 0 saturated heterocycles. The summed E-state index contributed by atoms with van der Waals surface area (Å²) in [6.07, 6.45) is 9.86. The van der Waals surface area contributed by atoms with E-state index >= 15 is 0 Å². The van der Waals surface area contributed by atoms with Gasteiger partial charge in [0.25, 0.3) is 5.91 Å². The average Bonchev–Trinajstić information content (AvgIpc) is 3.46. The minimum Gasteiger partial charge on any atom is -0.481 e. The summed E-state index contributed by atoms with van der Waals surface area (Å²) >= 11 is 6.00. The quantitative estimate of drug-likeness (QED) is 0.0979. The van der Waals surface area contributed by atoms with Crippen molar-refractivity contribution < 1.29 is 34.5 Å². The molecule has 0 aliphatic heterocycles. The Bertz CT molecular complexity index is 1860. The summed E-state index contributed by atoms with van der Waals surface area (Å²) in [6, 6.07) is 6.37. The molecule has 1 aromatic rings. The number of nitrogens with one attached hydrogen (secondary N) is 2. The summed E-state index contributed by atoms with van der Waals surface area (Å²) < 4.78 is 0. The Kier molecular flexibility index (Phi) is 12.0. The van der Waals surface area contributed by atoms with Crippen LogP contribution in [0, 0.1) is 74.9 Å². The Morgan fingerprint density at radius 1 is 0.915 bits per heavy atom. The van der Waals surface area contributed by atoms with Gasteiger partial charge in [0.05, 0.1) is 12.0 Å². The first-order valence-corrected chi connectivity index (χ1v) is 23.2. The highest BCUT2D eigenvalue weighted by Gasteiger charge is 2.66. The standard InChI is InChI=1S/C49H71ClN2O7/c1-27(2)41-38(55)25-48(21-22-51-26-49(59,29(4)53)52-43(56)30-9-11-32(50)12-10-30)20-16-36-33(42(41)48)13-14-40-46(36,7)19-17-39-45(5,6)31(15-18-47(39,40)8)23-37(54)34-24-35(28(34)3)44(57)58/h9-12,27-29,31,33-36,39-40,51,53,59H,13-26H2,1-8H3,(H,52,56)(H,57,58). The van der Waals surface area contributed by atoms with Crippen molar-refractivity contribution in [2.75, 3.05) is 13.1 Å². The number of aliphatic hydroxyl groups excluding tert-OH is 1. The lowest BCUT2D eigenvalue weighted by molar-refractivity contribution is -0.193. The van der Waals surface area contributed by atoms with Crippen molar-refractivity contribution in [1.82, 2.24) is 10.6 Å². The van der Waals surface area contributed by atoms with Crippen molar-refractivity contribution in [1.29, 1.82) is 0 Å². The maximum atomic E-state index is 14.1. The molecular weight excluding hydrogens is 764 g/mol. The van der Waals surface area contributed by atoms with Crippen LogP contribution in [0.2, 0.25) is 5.02 Å². The number of Topliss-reactive ketones (excluding diaryl/α,β-unsaturated/α-hetero) is 2. The molecule has 326 valence electrons. The van der Waals surface area contributed by atoms with E-state index in [1.54, 1.807) is 24.3 Å². The first kappa shape index (κ1) is 44.5. The highest BCUT2D eigenvalue weighted by molar-refractivity contribution is 6.30. The minimum absolute atomic E-state index is 0.0125. The number of rotatable bonds is 13. The largest absolute Gasteiger partial charge is 0.481 e. The molecule has 1 aromatic carbocycles. The van der Waals surface area contributed by atoms with E-state index in [-0.39, 0.29) is 57.7 Å². The molecular formula is C49H71ClN2O7. The van der Waals surface area contributed by atoms with Crippen LogP contribution in [0.1, 0.15) is 143 Å². The number of hydrogen-bond acceptors (Lipinski definition) is 7. The first-order chi connectivity index (χ1) is 27.6. The zero-order chi connectivity index (χ0) is 43.0. The summed E-state index contributed by atoms with van der Waals surface area (Å²) in [7, 11) is 0. The SMILES string of the molecule is CC(C)C1=C2C3CCC4C(C)(CCC5C(C)(C)C(CC(=O)C6CC(C(=O)O)C6C)CCC54C)C3CCC2(CCNCC(O)(NC(=O)c2ccc(Cl)cc2)C(C)O)CC1=O. The Labute approximate surface area is 357 Å². The number of ketones is 2. The normalized spacial score (nSPS) is 38.9. The van der Waals surface area contributed by atoms with E-state index in [0.717, 1.165) is 63.4 Å². The van der Waals surface area contributed by atoms with Gasteiger partial charge in [-0.25, -0.2) is 0 Å². The molecule has 9 nitrogen and oxygen atoms in total. The Morgan fingerprint density at radius 2 is 1.59 bits per heavy atom. The van der Waals surface area contributed by atoms with Crippen LogP contribution in [-0.2, 0) is 14.4 Å². The molecule has 13 unspecified atom stereocenters. The zero-order valence-corrected chi connectivity index (χ0v) is 37.6. The number of carboxylic acid groups (broad SMARTS) is 1. The molecule has 7 rings (SSSR count). The number of hydrogen-bond donors (Lipinski definition) is 5. The van der Waals surface area contributed by atoms with Gasteiger partial charge < -0.3 is 26.0 Å². The van der Waals surface area contributed by atoms with Crippen LogP contribution in [-0.4, -0.2) is 63.7 Å². The lowest BCUT2D eigenvalue weighted by Crippen LogP contribution is -2.62. The van der Waals surface area contributed by atoms with Crippen LogP contribution in [0.4, 0.5) is 0 Å². The van der Waals surface area contributed by atoms with Gasteiger partial charge in [-0.2, -0.15) is 0 Å². The lowest BCUT2D eigenvalue weighted by atomic mass is 9.35. The number of carboxylic acids is 1. The van der Waals surface area contributed by atoms with E-state index in [1.807, 2.05) is 6.92 Å².